The third-order valence-electron chi connectivity index (χ3n) is 2.63. The summed E-state index contributed by atoms with van der Waals surface area (Å²) in [5.41, 5.74) is 2.86. The maximum absolute atomic E-state index is 5.22. The van der Waals surface area contributed by atoms with Gasteiger partial charge in [0.1, 0.15) is 0 Å². The Balaban J connectivity index is 2.39. The highest BCUT2D eigenvalue weighted by Gasteiger charge is 1.94. The van der Waals surface area contributed by atoms with Gasteiger partial charge in [0, 0.05) is 6.42 Å². The van der Waals surface area contributed by atoms with Crippen LogP contribution in [0.1, 0.15) is 43.7 Å². The largest absolute Gasteiger partial charge is 0.120 e. The van der Waals surface area contributed by atoms with Crippen molar-refractivity contribution in [3.63, 3.8) is 0 Å². The molecule has 0 heterocycles. The van der Waals surface area contributed by atoms with Crippen LogP contribution in [0.15, 0.2) is 24.3 Å². The second kappa shape index (κ2) is 7.12. The van der Waals surface area contributed by atoms with E-state index >= 15 is 0 Å². The molecule has 1 rings (SSSR count). The van der Waals surface area contributed by atoms with E-state index in [-0.39, 0.29) is 0 Å². The second-order valence-electron chi connectivity index (χ2n) is 3.98. The molecular weight excluding hydrogens is 180 g/mol. The molecule has 0 heteroatoms. The first kappa shape index (κ1) is 11.9. The van der Waals surface area contributed by atoms with Gasteiger partial charge in [0.15, 0.2) is 0 Å². The van der Waals surface area contributed by atoms with Gasteiger partial charge in [-0.25, -0.2) is 0 Å². The molecule has 80 valence electrons. The predicted molar refractivity (Wildman–Crippen MR) is 66.8 cm³/mol. The van der Waals surface area contributed by atoms with Crippen molar-refractivity contribution in [3.05, 3.63) is 35.4 Å². The van der Waals surface area contributed by atoms with Crippen molar-refractivity contribution in [1.82, 2.24) is 0 Å². The standard InChI is InChI=1S/C15H20/c1-3-5-7-9-15-12-10-14(11-13-15)8-6-4-2/h1,10-13H,4-9H2,2H3. The highest BCUT2D eigenvalue weighted by Crippen LogP contribution is 2.10. The molecule has 0 unspecified atom stereocenters. The van der Waals surface area contributed by atoms with Crippen molar-refractivity contribution >= 4 is 0 Å². The molecule has 0 radical (unpaired) electrons. The van der Waals surface area contributed by atoms with Crippen LogP contribution in [0.2, 0.25) is 0 Å². The van der Waals surface area contributed by atoms with E-state index in [4.69, 9.17) is 6.42 Å². The third kappa shape index (κ3) is 4.70. The lowest BCUT2D eigenvalue weighted by Gasteiger charge is -2.02. The number of unbranched alkanes of at least 4 members (excludes halogenated alkanes) is 2. The zero-order valence-corrected chi connectivity index (χ0v) is 9.63. The first-order chi connectivity index (χ1) is 7.36. The van der Waals surface area contributed by atoms with Crippen LogP contribution in [-0.4, -0.2) is 0 Å². The highest BCUT2D eigenvalue weighted by atomic mass is 14.0. The SMILES string of the molecule is C#CCCCc1ccc(CCCC)cc1. The Bertz CT molecular complexity index is 300. The van der Waals surface area contributed by atoms with Crippen LogP contribution in [0.4, 0.5) is 0 Å². The van der Waals surface area contributed by atoms with E-state index in [1.807, 2.05) is 0 Å². The van der Waals surface area contributed by atoms with E-state index in [1.54, 1.807) is 0 Å². The topological polar surface area (TPSA) is 0 Å². The summed E-state index contributed by atoms with van der Waals surface area (Å²) in [5.74, 6) is 2.68. The van der Waals surface area contributed by atoms with Crippen molar-refractivity contribution in [3.8, 4) is 12.3 Å². The molecule has 0 aliphatic rings. The number of benzene rings is 1. The number of hydrogen-bond donors (Lipinski definition) is 0. The van der Waals surface area contributed by atoms with Gasteiger partial charge in [0.05, 0.1) is 0 Å². The van der Waals surface area contributed by atoms with Gasteiger partial charge in [0.25, 0.3) is 0 Å². The summed E-state index contributed by atoms with van der Waals surface area (Å²) in [6, 6.07) is 8.98. The maximum atomic E-state index is 5.22. The lowest BCUT2D eigenvalue weighted by molar-refractivity contribution is 0.793. The summed E-state index contributed by atoms with van der Waals surface area (Å²) in [7, 11) is 0. The van der Waals surface area contributed by atoms with E-state index in [2.05, 4.69) is 37.1 Å². The van der Waals surface area contributed by atoms with Crippen LogP contribution in [-0.2, 0) is 12.8 Å². The molecule has 0 spiro atoms. The number of hydrogen-bond acceptors (Lipinski definition) is 0. The maximum Gasteiger partial charge on any atom is 0.00892 e. The van der Waals surface area contributed by atoms with E-state index in [0.717, 1.165) is 19.3 Å². The zero-order valence-electron chi connectivity index (χ0n) is 9.63. The molecule has 1 aromatic rings. The Kier molecular flexibility index (Phi) is 5.63. The molecule has 0 atom stereocenters. The summed E-state index contributed by atoms with van der Waals surface area (Å²) in [6.45, 7) is 2.23. The Morgan fingerprint density at radius 3 is 2.00 bits per heavy atom. The molecule has 0 amide bonds. The van der Waals surface area contributed by atoms with Crippen LogP contribution < -0.4 is 0 Å². The fourth-order valence-corrected chi connectivity index (χ4v) is 1.65. The predicted octanol–water partition coefficient (Wildman–Crippen LogP) is 3.99. The molecule has 0 N–H and O–H groups in total. The van der Waals surface area contributed by atoms with Gasteiger partial charge in [-0.05, 0) is 36.8 Å². The van der Waals surface area contributed by atoms with Crippen LogP contribution in [0.5, 0.6) is 0 Å². The van der Waals surface area contributed by atoms with Gasteiger partial charge in [-0.3, -0.25) is 0 Å². The van der Waals surface area contributed by atoms with E-state index in [9.17, 15) is 0 Å². The van der Waals surface area contributed by atoms with Gasteiger partial charge < -0.3 is 0 Å². The van der Waals surface area contributed by atoms with Gasteiger partial charge in [-0.2, -0.15) is 0 Å². The molecule has 0 bridgehead atoms. The summed E-state index contributed by atoms with van der Waals surface area (Å²) in [4.78, 5) is 0. The number of aryl methyl sites for hydroxylation is 2. The lowest BCUT2D eigenvalue weighted by atomic mass is 10.0. The van der Waals surface area contributed by atoms with Gasteiger partial charge in [0.2, 0.25) is 0 Å². The van der Waals surface area contributed by atoms with Gasteiger partial charge in [-0.15, -0.1) is 12.3 Å². The highest BCUT2D eigenvalue weighted by molar-refractivity contribution is 5.22. The van der Waals surface area contributed by atoms with Crippen LogP contribution in [0, 0.1) is 12.3 Å². The third-order valence-corrected chi connectivity index (χ3v) is 2.63. The Labute approximate surface area is 93.7 Å². The number of rotatable bonds is 6. The molecule has 1 aromatic carbocycles. The quantitative estimate of drug-likeness (QED) is 0.481. The molecule has 0 aliphatic heterocycles. The minimum Gasteiger partial charge on any atom is -0.120 e. The first-order valence-corrected chi connectivity index (χ1v) is 5.88. The average molecular weight is 200 g/mol. The monoisotopic (exact) mass is 200 g/mol. The van der Waals surface area contributed by atoms with Crippen molar-refractivity contribution in [1.29, 1.82) is 0 Å². The van der Waals surface area contributed by atoms with Crippen molar-refractivity contribution in [2.45, 2.75) is 45.4 Å². The second-order valence-corrected chi connectivity index (χ2v) is 3.98. The van der Waals surface area contributed by atoms with Crippen molar-refractivity contribution in [2.75, 3.05) is 0 Å². The minimum absolute atomic E-state index is 0.886. The summed E-state index contributed by atoms with van der Waals surface area (Å²) < 4.78 is 0. The average Bonchev–Trinajstić information content (AvgIpc) is 2.28. The van der Waals surface area contributed by atoms with Gasteiger partial charge >= 0.3 is 0 Å². The molecular formula is C15H20. The van der Waals surface area contributed by atoms with Gasteiger partial charge in [-0.1, -0.05) is 37.6 Å². The minimum atomic E-state index is 0.886. The zero-order chi connectivity index (χ0) is 10.9. The molecule has 15 heavy (non-hydrogen) atoms. The fraction of sp³-hybridized carbons (Fsp3) is 0.467. The normalized spacial score (nSPS) is 9.87. The molecule has 0 saturated heterocycles. The van der Waals surface area contributed by atoms with Crippen LogP contribution >= 0.6 is 0 Å². The molecule has 0 fully saturated rings. The molecule has 0 nitrogen and oxygen atoms in total. The first-order valence-electron chi connectivity index (χ1n) is 5.88. The Hall–Kier alpha value is -1.22. The number of terminal acetylenes is 1. The Morgan fingerprint density at radius 2 is 1.53 bits per heavy atom. The van der Waals surface area contributed by atoms with Crippen molar-refractivity contribution < 1.29 is 0 Å². The molecule has 0 aromatic heterocycles. The summed E-state index contributed by atoms with van der Waals surface area (Å²) in [6.07, 6.45) is 12.1. The van der Waals surface area contributed by atoms with Crippen LogP contribution in [0.25, 0.3) is 0 Å². The van der Waals surface area contributed by atoms with E-state index in [0.29, 0.717) is 0 Å². The molecule has 0 aliphatic carbocycles. The lowest BCUT2D eigenvalue weighted by Crippen LogP contribution is -1.88. The smallest absolute Gasteiger partial charge is 0.00892 e. The Morgan fingerprint density at radius 1 is 1.00 bits per heavy atom. The molecule has 0 saturated carbocycles. The fourth-order valence-electron chi connectivity index (χ4n) is 1.65. The van der Waals surface area contributed by atoms with E-state index < -0.39 is 0 Å². The van der Waals surface area contributed by atoms with E-state index in [1.165, 1.54) is 30.4 Å². The van der Waals surface area contributed by atoms with Crippen molar-refractivity contribution in [2.24, 2.45) is 0 Å². The summed E-state index contributed by atoms with van der Waals surface area (Å²) >= 11 is 0. The summed E-state index contributed by atoms with van der Waals surface area (Å²) in [5, 5.41) is 0. The van der Waals surface area contributed by atoms with Crippen LogP contribution in [0.3, 0.4) is 0 Å².